The maximum absolute atomic E-state index is 13.2. The highest BCUT2D eigenvalue weighted by Gasteiger charge is 2.39. The summed E-state index contributed by atoms with van der Waals surface area (Å²) in [5.41, 5.74) is 0. The largest absolute Gasteiger partial charge is 0.481 e. The number of amides is 1. The molecule has 1 saturated carbocycles. The number of carbonyl (C=O) groups excluding carboxylic acids is 1. The van der Waals surface area contributed by atoms with Crippen molar-refractivity contribution >= 4 is 15.7 Å². The molecule has 1 aliphatic carbocycles. The van der Waals surface area contributed by atoms with Crippen LogP contribution in [0.2, 0.25) is 0 Å². The van der Waals surface area contributed by atoms with E-state index in [1.54, 1.807) is 11.8 Å². The molecule has 4 unspecified atom stereocenters. The maximum Gasteiger partial charge on any atom is 0.264 e. The molecule has 2 fully saturated rings. The van der Waals surface area contributed by atoms with Crippen LogP contribution in [0.1, 0.15) is 44.1 Å². The van der Waals surface area contributed by atoms with E-state index in [2.05, 4.69) is 6.92 Å². The van der Waals surface area contributed by atoms with Crippen molar-refractivity contribution < 1.29 is 26.8 Å². The molecule has 1 amide bonds. The quantitative estimate of drug-likeness (QED) is 0.665. The van der Waals surface area contributed by atoms with Crippen LogP contribution in [-0.4, -0.2) is 42.9 Å². The van der Waals surface area contributed by atoms with Crippen LogP contribution >= 0.6 is 0 Å². The predicted octanol–water partition coefficient (Wildman–Crippen LogP) is 3.53. The molecule has 8 heteroatoms. The summed E-state index contributed by atoms with van der Waals surface area (Å²) in [7, 11) is -3.17. The second-order valence-electron chi connectivity index (χ2n) is 8.36. The third kappa shape index (κ3) is 4.69. The van der Waals surface area contributed by atoms with Crippen LogP contribution in [0.15, 0.2) is 40.8 Å². The summed E-state index contributed by atoms with van der Waals surface area (Å²) in [5, 5.41) is 0. The number of furan rings is 1. The zero-order chi connectivity index (χ0) is 21.5. The van der Waals surface area contributed by atoms with Gasteiger partial charge in [-0.25, -0.2) is 12.8 Å². The zero-order valence-corrected chi connectivity index (χ0v) is 17.9. The molecule has 30 heavy (non-hydrogen) atoms. The fourth-order valence-corrected chi connectivity index (χ4v) is 5.71. The van der Waals surface area contributed by atoms with E-state index in [-0.39, 0.29) is 24.0 Å². The van der Waals surface area contributed by atoms with Crippen LogP contribution in [0.25, 0.3) is 0 Å². The van der Waals surface area contributed by atoms with E-state index in [0.717, 1.165) is 12.2 Å². The minimum Gasteiger partial charge on any atom is -0.481 e. The second-order valence-corrected chi connectivity index (χ2v) is 10.6. The first-order valence-corrected chi connectivity index (χ1v) is 12.1. The van der Waals surface area contributed by atoms with Gasteiger partial charge in [-0.05, 0) is 62.1 Å². The van der Waals surface area contributed by atoms with E-state index < -0.39 is 27.8 Å². The van der Waals surface area contributed by atoms with Gasteiger partial charge in [0.25, 0.3) is 5.91 Å². The molecule has 2 aliphatic rings. The first kappa shape index (κ1) is 20.9. The molecule has 6 nitrogen and oxygen atoms in total. The molecular formula is C22H26FNO5S. The lowest BCUT2D eigenvalue weighted by molar-refractivity contribution is -0.140. The standard InChI is InChI=1S/C22H26FNO5S/c1-14-11-20(14)21-8-7-19(29-21)12-24(17-9-10-30(26,27)13-17)22(25)15(2)28-18-5-3-16(23)4-6-18/h3-8,14-15,17,20H,9-13H2,1-2H3. The molecule has 1 aliphatic heterocycles. The van der Waals surface area contributed by atoms with E-state index in [4.69, 9.17) is 9.15 Å². The molecule has 1 saturated heterocycles. The van der Waals surface area contributed by atoms with Gasteiger partial charge in [0.2, 0.25) is 0 Å². The Labute approximate surface area is 175 Å². The van der Waals surface area contributed by atoms with Crippen LogP contribution in [0.3, 0.4) is 0 Å². The molecule has 162 valence electrons. The van der Waals surface area contributed by atoms with Crippen LogP contribution in [0, 0.1) is 11.7 Å². The Hall–Kier alpha value is -2.35. The Morgan fingerprint density at radius 2 is 1.97 bits per heavy atom. The molecule has 0 spiro atoms. The number of rotatable bonds is 7. The Morgan fingerprint density at radius 3 is 2.57 bits per heavy atom. The highest BCUT2D eigenvalue weighted by molar-refractivity contribution is 7.91. The van der Waals surface area contributed by atoms with Gasteiger partial charge in [0.05, 0.1) is 18.1 Å². The van der Waals surface area contributed by atoms with Gasteiger partial charge >= 0.3 is 0 Å². The summed E-state index contributed by atoms with van der Waals surface area (Å²) in [5.74, 6) is 2.25. The van der Waals surface area contributed by atoms with Gasteiger partial charge in [0.15, 0.2) is 15.9 Å². The SMILES string of the molecule is CC(Oc1ccc(F)cc1)C(=O)N(Cc1ccc(C2CC2C)o1)C1CCS(=O)(=O)C1. The van der Waals surface area contributed by atoms with Crippen LogP contribution in [-0.2, 0) is 21.2 Å². The third-order valence-electron chi connectivity index (χ3n) is 5.89. The van der Waals surface area contributed by atoms with Crippen molar-refractivity contribution in [3.05, 3.63) is 53.7 Å². The molecule has 0 radical (unpaired) electrons. The molecule has 4 atom stereocenters. The highest BCUT2D eigenvalue weighted by atomic mass is 32.2. The van der Waals surface area contributed by atoms with Crippen molar-refractivity contribution in [3.8, 4) is 5.75 Å². The van der Waals surface area contributed by atoms with E-state index in [1.807, 2.05) is 12.1 Å². The lowest BCUT2D eigenvalue weighted by Gasteiger charge is -2.30. The van der Waals surface area contributed by atoms with Gasteiger partial charge in [-0.2, -0.15) is 0 Å². The van der Waals surface area contributed by atoms with Gasteiger partial charge in [0, 0.05) is 12.0 Å². The average Bonchev–Trinajstić information content (AvgIpc) is 3.09. The fraction of sp³-hybridized carbons (Fsp3) is 0.500. The number of halogens is 1. The Bertz CT molecular complexity index is 1020. The first-order chi connectivity index (χ1) is 14.2. The molecule has 2 aromatic rings. The Kier molecular flexibility index (Phi) is 5.61. The third-order valence-corrected chi connectivity index (χ3v) is 7.64. The molecule has 2 heterocycles. The molecule has 1 aromatic heterocycles. The Morgan fingerprint density at radius 1 is 1.27 bits per heavy atom. The second kappa shape index (κ2) is 8.06. The summed E-state index contributed by atoms with van der Waals surface area (Å²) in [6, 6.07) is 8.81. The molecule has 1 aromatic carbocycles. The van der Waals surface area contributed by atoms with Gasteiger partial charge in [-0.3, -0.25) is 4.79 Å². The van der Waals surface area contributed by atoms with Crippen molar-refractivity contribution in [1.82, 2.24) is 4.90 Å². The van der Waals surface area contributed by atoms with Crippen molar-refractivity contribution in [1.29, 1.82) is 0 Å². The predicted molar refractivity (Wildman–Crippen MR) is 109 cm³/mol. The van der Waals surface area contributed by atoms with Crippen molar-refractivity contribution in [2.24, 2.45) is 5.92 Å². The number of hydrogen-bond donors (Lipinski definition) is 0. The van der Waals surface area contributed by atoms with Gasteiger partial charge < -0.3 is 14.1 Å². The van der Waals surface area contributed by atoms with E-state index in [9.17, 15) is 17.6 Å². The summed E-state index contributed by atoms with van der Waals surface area (Å²) >= 11 is 0. The normalized spacial score (nSPS) is 25.6. The lowest BCUT2D eigenvalue weighted by Crippen LogP contribution is -2.46. The van der Waals surface area contributed by atoms with E-state index in [0.29, 0.717) is 29.8 Å². The Balaban J connectivity index is 1.51. The van der Waals surface area contributed by atoms with Gasteiger partial charge in [0.1, 0.15) is 23.1 Å². The van der Waals surface area contributed by atoms with Crippen molar-refractivity contribution in [3.63, 3.8) is 0 Å². The van der Waals surface area contributed by atoms with Gasteiger partial charge in [-0.15, -0.1) is 0 Å². The van der Waals surface area contributed by atoms with Crippen molar-refractivity contribution in [2.75, 3.05) is 11.5 Å². The minimum absolute atomic E-state index is 0.0603. The average molecular weight is 436 g/mol. The summed E-state index contributed by atoms with van der Waals surface area (Å²) < 4.78 is 48.8. The summed E-state index contributed by atoms with van der Waals surface area (Å²) in [4.78, 5) is 14.8. The monoisotopic (exact) mass is 435 g/mol. The molecule has 0 bridgehead atoms. The highest BCUT2D eigenvalue weighted by Crippen LogP contribution is 2.47. The summed E-state index contributed by atoms with van der Waals surface area (Å²) in [6.07, 6.45) is 0.639. The molecule has 0 N–H and O–H groups in total. The summed E-state index contributed by atoms with van der Waals surface area (Å²) in [6.45, 7) is 3.97. The van der Waals surface area contributed by atoms with Crippen molar-refractivity contribution in [2.45, 2.75) is 51.3 Å². The number of sulfone groups is 1. The smallest absolute Gasteiger partial charge is 0.264 e. The van der Waals surface area contributed by atoms with E-state index >= 15 is 0 Å². The fourth-order valence-electron chi connectivity index (χ4n) is 3.97. The molecular weight excluding hydrogens is 409 g/mol. The number of hydrogen-bond acceptors (Lipinski definition) is 5. The lowest BCUT2D eigenvalue weighted by atomic mass is 10.2. The number of benzene rings is 1. The molecule has 4 rings (SSSR count). The topological polar surface area (TPSA) is 76.8 Å². The zero-order valence-electron chi connectivity index (χ0n) is 17.1. The number of carbonyl (C=O) groups is 1. The van der Waals surface area contributed by atoms with Crippen LogP contribution in [0.4, 0.5) is 4.39 Å². The maximum atomic E-state index is 13.2. The first-order valence-electron chi connectivity index (χ1n) is 10.2. The minimum atomic E-state index is -3.17. The number of nitrogens with zero attached hydrogens (tertiary/aromatic N) is 1. The van der Waals surface area contributed by atoms with Crippen LogP contribution in [0.5, 0.6) is 5.75 Å². The van der Waals surface area contributed by atoms with E-state index in [1.165, 1.54) is 24.3 Å². The number of ether oxygens (including phenoxy) is 1. The van der Waals surface area contributed by atoms with Gasteiger partial charge in [-0.1, -0.05) is 6.92 Å². The van der Waals surface area contributed by atoms with Crippen LogP contribution < -0.4 is 4.74 Å².